The van der Waals surface area contributed by atoms with Crippen LogP contribution in [-0.2, 0) is 19.5 Å². The second kappa shape index (κ2) is 3.39. The van der Waals surface area contributed by atoms with Crippen LogP contribution in [-0.4, -0.2) is 24.5 Å². The molecule has 18 heavy (non-hydrogen) atoms. The van der Waals surface area contributed by atoms with E-state index < -0.39 is 0 Å². The summed E-state index contributed by atoms with van der Waals surface area (Å²) in [6.07, 6.45) is 4.48. The molecule has 0 saturated heterocycles. The number of imidazole rings is 2. The van der Waals surface area contributed by atoms with Crippen LogP contribution in [0.5, 0.6) is 0 Å². The predicted molar refractivity (Wildman–Crippen MR) is 66.7 cm³/mol. The average molecular weight is 240 g/mol. The van der Waals surface area contributed by atoms with Gasteiger partial charge in [0.2, 0.25) is 0 Å². The molecular weight excluding hydrogens is 228 g/mol. The van der Waals surface area contributed by atoms with Gasteiger partial charge in [-0.2, -0.15) is 0 Å². The molecule has 0 aromatic carbocycles. The number of nitrogens with two attached hydrogens (primary N) is 1. The Morgan fingerprint density at radius 3 is 3.22 bits per heavy atom. The van der Waals surface area contributed by atoms with Gasteiger partial charge in [-0.05, 0) is 18.1 Å². The number of aryl methyl sites for hydroxylation is 1. The van der Waals surface area contributed by atoms with E-state index in [0.29, 0.717) is 6.54 Å². The lowest BCUT2D eigenvalue weighted by atomic mass is 10.0. The largest absolute Gasteiger partial charge is 0.343 e. The lowest BCUT2D eigenvalue weighted by Gasteiger charge is -2.18. The molecule has 0 saturated carbocycles. The number of rotatable bonds is 1. The number of hydrogen-bond acceptors (Lipinski definition) is 4. The zero-order valence-electron chi connectivity index (χ0n) is 9.72. The summed E-state index contributed by atoms with van der Waals surface area (Å²) < 4.78 is 2.15. The number of H-pyrrole nitrogens is 1. The van der Waals surface area contributed by atoms with Crippen LogP contribution in [0.3, 0.4) is 0 Å². The van der Waals surface area contributed by atoms with Crippen LogP contribution in [0.2, 0.25) is 0 Å². The van der Waals surface area contributed by atoms with Gasteiger partial charge in [0.1, 0.15) is 5.82 Å². The van der Waals surface area contributed by atoms with Gasteiger partial charge in [-0.1, -0.05) is 0 Å². The molecule has 4 rings (SSSR count). The summed E-state index contributed by atoms with van der Waals surface area (Å²) in [5.41, 5.74) is 10.7. The summed E-state index contributed by atoms with van der Waals surface area (Å²) in [7, 11) is 0. The van der Waals surface area contributed by atoms with Crippen molar-refractivity contribution in [3.63, 3.8) is 0 Å². The Bertz CT molecular complexity index is 738. The maximum Gasteiger partial charge on any atom is 0.178 e. The molecule has 3 N–H and O–H groups in total. The zero-order chi connectivity index (χ0) is 12.1. The highest BCUT2D eigenvalue weighted by Gasteiger charge is 2.21. The molecule has 1 aliphatic heterocycles. The van der Waals surface area contributed by atoms with E-state index in [9.17, 15) is 0 Å². The first-order chi connectivity index (χ1) is 8.86. The second-order valence-electron chi connectivity index (χ2n) is 4.44. The van der Waals surface area contributed by atoms with Gasteiger partial charge in [0, 0.05) is 6.54 Å². The van der Waals surface area contributed by atoms with Crippen molar-refractivity contribution in [3.05, 3.63) is 30.0 Å². The van der Waals surface area contributed by atoms with Crippen LogP contribution in [0, 0.1) is 0 Å². The first-order valence-electron chi connectivity index (χ1n) is 5.94. The van der Waals surface area contributed by atoms with Crippen molar-refractivity contribution in [2.75, 3.05) is 0 Å². The molecule has 0 unspecified atom stereocenters. The number of aromatic nitrogens is 5. The molecule has 0 radical (unpaired) electrons. The van der Waals surface area contributed by atoms with E-state index in [1.807, 2.05) is 6.20 Å². The first-order valence-corrected chi connectivity index (χ1v) is 5.94. The van der Waals surface area contributed by atoms with E-state index >= 15 is 0 Å². The van der Waals surface area contributed by atoms with Gasteiger partial charge >= 0.3 is 0 Å². The maximum absolute atomic E-state index is 5.69. The molecule has 3 aromatic rings. The van der Waals surface area contributed by atoms with Crippen LogP contribution >= 0.6 is 0 Å². The lowest BCUT2D eigenvalue weighted by Crippen LogP contribution is -2.16. The van der Waals surface area contributed by atoms with E-state index in [0.717, 1.165) is 41.3 Å². The topological polar surface area (TPSA) is 85.4 Å². The fourth-order valence-corrected chi connectivity index (χ4v) is 2.57. The lowest BCUT2D eigenvalue weighted by molar-refractivity contribution is 0.640. The highest BCUT2D eigenvalue weighted by Crippen LogP contribution is 2.30. The van der Waals surface area contributed by atoms with Crippen molar-refractivity contribution in [2.24, 2.45) is 5.73 Å². The Kier molecular flexibility index (Phi) is 1.84. The Morgan fingerprint density at radius 2 is 2.33 bits per heavy atom. The Hall–Kier alpha value is -2.21. The number of aromatic amines is 1. The highest BCUT2D eigenvalue weighted by atomic mass is 15.1. The smallest absolute Gasteiger partial charge is 0.178 e. The summed E-state index contributed by atoms with van der Waals surface area (Å²) in [6.45, 7) is 1.37. The second-order valence-corrected chi connectivity index (χ2v) is 4.44. The molecule has 0 fully saturated rings. The molecule has 4 heterocycles. The fraction of sp³-hybridized carbons (Fsp3) is 0.250. The number of hydrogen-bond donors (Lipinski definition) is 2. The van der Waals surface area contributed by atoms with Crippen molar-refractivity contribution in [1.82, 2.24) is 24.5 Å². The standard InChI is InChI=1S/C12H12N6/c13-4-10-14-5-9-11-7(1-2-18(9)10)3-8-12(17-11)16-6-15-8/h3,5-6H,1-2,4,13H2,(H,15,16,17). The van der Waals surface area contributed by atoms with E-state index in [1.165, 1.54) is 5.56 Å². The number of fused-ring (bicyclic) bond motifs is 4. The molecule has 90 valence electrons. The molecule has 0 spiro atoms. The fourth-order valence-electron chi connectivity index (χ4n) is 2.57. The number of pyridine rings is 1. The molecule has 0 amide bonds. The van der Waals surface area contributed by atoms with E-state index in [1.54, 1.807) is 6.33 Å². The third kappa shape index (κ3) is 1.18. The van der Waals surface area contributed by atoms with Crippen molar-refractivity contribution in [2.45, 2.75) is 19.5 Å². The molecular formula is C12H12N6. The molecule has 3 aromatic heterocycles. The normalized spacial score (nSPS) is 13.6. The minimum atomic E-state index is 0.458. The van der Waals surface area contributed by atoms with Crippen molar-refractivity contribution >= 4 is 11.2 Å². The third-order valence-corrected chi connectivity index (χ3v) is 3.46. The zero-order valence-corrected chi connectivity index (χ0v) is 9.72. The Morgan fingerprint density at radius 1 is 1.39 bits per heavy atom. The van der Waals surface area contributed by atoms with Crippen LogP contribution in [0.4, 0.5) is 0 Å². The molecule has 6 nitrogen and oxygen atoms in total. The number of nitrogens with zero attached hydrogens (tertiary/aromatic N) is 4. The van der Waals surface area contributed by atoms with Gasteiger partial charge in [0.25, 0.3) is 0 Å². The quantitative estimate of drug-likeness (QED) is 0.660. The van der Waals surface area contributed by atoms with Crippen LogP contribution in [0.15, 0.2) is 18.6 Å². The Balaban J connectivity index is 2.01. The summed E-state index contributed by atoms with van der Waals surface area (Å²) in [5, 5.41) is 0. The van der Waals surface area contributed by atoms with Crippen molar-refractivity contribution in [1.29, 1.82) is 0 Å². The van der Waals surface area contributed by atoms with Gasteiger partial charge in [-0.15, -0.1) is 0 Å². The summed E-state index contributed by atoms with van der Waals surface area (Å²) in [5.74, 6) is 0.916. The summed E-state index contributed by atoms with van der Waals surface area (Å²) >= 11 is 0. The van der Waals surface area contributed by atoms with E-state index in [2.05, 4.69) is 30.6 Å². The van der Waals surface area contributed by atoms with Gasteiger partial charge in [0.05, 0.1) is 36.0 Å². The summed E-state index contributed by atoms with van der Waals surface area (Å²) in [6, 6.07) is 2.13. The maximum atomic E-state index is 5.69. The van der Waals surface area contributed by atoms with Crippen molar-refractivity contribution in [3.8, 4) is 11.4 Å². The van der Waals surface area contributed by atoms with Gasteiger partial charge in [-0.3, -0.25) is 0 Å². The average Bonchev–Trinajstić information content (AvgIpc) is 3.01. The van der Waals surface area contributed by atoms with Crippen LogP contribution in [0.25, 0.3) is 22.6 Å². The monoisotopic (exact) mass is 240 g/mol. The van der Waals surface area contributed by atoms with Crippen molar-refractivity contribution < 1.29 is 0 Å². The van der Waals surface area contributed by atoms with E-state index in [-0.39, 0.29) is 0 Å². The number of nitrogens with one attached hydrogen (secondary N) is 1. The molecule has 1 aliphatic rings. The van der Waals surface area contributed by atoms with E-state index in [4.69, 9.17) is 5.73 Å². The first kappa shape index (κ1) is 9.78. The molecule has 0 bridgehead atoms. The molecule has 6 heteroatoms. The summed E-state index contributed by atoms with van der Waals surface area (Å²) in [4.78, 5) is 16.3. The van der Waals surface area contributed by atoms with Gasteiger partial charge in [0.15, 0.2) is 5.65 Å². The third-order valence-electron chi connectivity index (χ3n) is 3.46. The van der Waals surface area contributed by atoms with Crippen LogP contribution in [0.1, 0.15) is 11.4 Å². The minimum absolute atomic E-state index is 0.458. The Labute approximate surface area is 103 Å². The van der Waals surface area contributed by atoms with Gasteiger partial charge < -0.3 is 15.3 Å². The predicted octanol–water partition coefficient (Wildman–Crippen LogP) is 0.836. The minimum Gasteiger partial charge on any atom is -0.343 e. The SMILES string of the molecule is NCc1ncc2n1CCc1cc3[nH]cnc3nc1-2. The molecule has 0 aliphatic carbocycles. The highest BCUT2D eigenvalue weighted by molar-refractivity contribution is 5.77. The van der Waals surface area contributed by atoms with Gasteiger partial charge in [-0.25, -0.2) is 15.0 Å². The molecule has 0 atom stereocenters. The van der Waals surface area contributed by atoms with Crippen LogP contribution < -0.4 is 5.73 Å².